The molecule has 0 aliphatic carbocycles. The predicted molar refractivity (Wildman–Crippen MR) is 134 cm³/mol. The molecule has 3 aromatic heterocycles. The first-order chi connectivity index (χ1) is 16.9. The highest BCUT2D eigenvalue weighted by Crippen LogP contribution is 2.37. The average Bonchev–Trinajstić information content (AvgIpc) is 3.14. The molecule has 4 heterocycles. The monoisotopic (exact) mass is 537 g/mol. The van der Waals surface area contributed by atoms with Gasteiger partial charge in [0.25, 0.3) is 5.91 Å². The maximum absolute atomic E-state index is 14.1. The van der Waals surface area contributed by atoms with Crippen molar-refractivity contribution in [3.8, 4) is 11.3 Å². The molecule has 13 heteroatoms. The van der Waals surface area contributed by atoms with Gasteiger partial charge in [-0.25, -0.2) is 27.7 Å². The Morgan fingerprint density at radius 2 is 2.06 bits per heavy atom. The van der Waals surface area contributed by atoms with Crippen LogP contribution in [0.15, 0.2) is 35.7 Å². The number of carbonyl (C=O) groups is 1. The molecule has 1 atom stereocenters. The summed E-state index contributed by atoms with van der Waals surface area (Å²) in [6.45, 7) is 1.99. The van der Waals surface area contributed by atoms with Crippen LogP contribution >= 0.6 is 11.6 Å². The van der Waals surface area contributed by atoms with Gasteiger partial charge in [0.1, 0.15) is 10.8 Å². The zero-order valence-corrected chi connectivity index (χ0v) is 21.6. The van der Waals surface area contributed by atoms with Crippen LogP contribution in [0.1, 0.15) is 35.2 Å². The molecule has 36 heavy (non-hydrogen) atoms. The van der Waals surface area contributed by atoms with Gasteiger partial charge in [0.15, 0.2) is 0 Å². The highest BCUT2D eigenvalue weighted by atomic mass is 35.5. The second kappa shape index (κ2) is 9.74. The smallest absolute Gasteiger partial charge is 0.259 e. The molecule has 0 spiro atoms. The van der Waals surface area contributed by atoms with Crippen molar-refractivity contribution in [3.05, 3.63) is 46.9 Å². The molecule has 1 saturated heterocycles. The standard InChI is InChI=1S/C23H26ClF2N7O2S/c1-14-18(22(34)30-16-5-8-28-17(11-16)36(3,27)35)21(33-9-4-6-23(25,26)7-10-33)31-20(19(14)24)15-12-29-32(2)13-15/h5,8,11-13,27H,4,6-7,9-10H2,1-3H3,(H,28,30,34)/t36-/m1/s1. The molecule has 3 aromatic rings. The minimum atomic E-state index is -3.10. The van der Waals surface area contributed by atoms with E-state index in [2.05, 4.69) is 15.4 Å². The molecule has 0 bridgehead atoms. The fourth-order valence-electron chi connectivity index (χ4n) is 4.07. The van der Waals surface area contributed by atoms with Gasteiger partial charge >= 0.3 is 0 Å². The third-order valence-corrected chi connectivity index (χ3v) is 7.45. The number of nitrogens with one attached hydrogen (secondary N) is 2. The van der Waals surface area contributed by atoms with E-state index >= 15 is 0 Å². The number of aromatic nitrogens is 4. The van der Waals surface area contributed by atoms with Crippen LogP contribution in [0.4, 0.5) is 20.3 Å². The number of anilines is 2. The van der Waals surface area contributed by atoms with E-state index in [1.165, 1.54) is 24.6 Å². The number of nitrogens with zero attached hydrogens (tertiary/aromatic N) is 5. The summed E-state index contributed by atoms with van der Waals surface area (Å²) in [6.07, 6.45) is 5.55. The Morgan fingerprint density at radius 3 is 2.72 bits per heavy atom. The Morgan fingerprint density at radius 1 is 1.31 bits per heavy atom. The first-order valence-corrected chi connectivity index (χ1v) is 13.5. The van der Waals surface area contributed by atoms with Gasteiger partial charge in [-0.15, -0.1) is 0 Å². The van der Waals surface area contributed by atoms with Crippen LogP contribution in [0, 0.1) is 11.7 Å². The van der Waals surface area contributed by atoms with Crippen LogP contribution in [0.5, 0.6) is 0 Å². The highest BCUT2D eigenvalue weighted by Gasteiger charge is 2.34. The van der Waals surface area contributed by atoms with Gasteiger partial charge in [-0.3, -0.25) is 9.48 Å². The quantitative estimate of drug-likeness (QED) is 0.485. The topological polar surface area (TPSA) is 117 Å². The van der Waals surface area contributed by atoms with Crippen molar-refractivity contribution in [2.24, 2.45) is 7.05 Å². The molecule has 192 valence electrons. The number of aryl methyl sites for hydroxylation is 1. The lowest BCUT2D eigenvalue weighted by Gasteiger charge is -2.26. The average molecular weight is 538 g/mol. The molecule has 4 rings (SSSR count). The van der Waals surface area contributed by atoms with Gasteiger partial charge in [0.05, 0.1) is 32.2 Å². The molecule has 1 aliphatic heterocycles. The number of hydrogen-bond donors (Lipinski definition) is 2. The zero-order chi connectivity index (χ0) is 26.3. The number of rotatable bonds is 5. The van der Waals surface area contributed by atoms with Gasteiger partial charge < -0.3 is 10.2 Å². The van der Waals surface area contributed by atoms with Crippen LogP contribution in [0.25, 0.3) is 11.3 Å². The summed E-state index contributed by atoms with van der Waals surface area (Å²) in [4.78, 5) is 23.9. The normalized spacial score (nSPS) is 17.3. The first-order valence-electron chi connectivity index (χ1n) is 11.2. The third-order valence-electron chi connectivity index (χ3n) is 5.97. The number of pyridine rings is 2. The molecule has 0 unspecified atom stereocenters. The molecule has 1 fully saturated rings. The Labute approximate surface area is 212 Å². The summed E-state index contributed by atoms with van der Waals surface area (Å²) >= 11 is 6.67. The second-order valence-corrected chi connectivity index (χ2v) is 11.4. The molecule has 0 saturated carbocycles. The van der Waals surface area contributed by atoms with Crippen molar-refractivity contribution in [2.75, 3.05) is 29.6 Å². The van der Waals surface area contributed by atoms with Crippen LogP contribution < -0.4 is 10.2 Å². The van der Waals surface area contributed by atoms with Gasteiger partial charge in [0, 0.05) is 62.9 Å². The lowest BCUT2D eigenvalue weighted by Crippen LogP contribution is -2.30. The summed E-state index contributed by atoms with van der Waals surface area (Å²) < 4.78 is 49.7. The van der Waals surface area contributed by atoms with E-state index < -0.39 is 21.6 Å². The van der Waals surface area contributed by atoms with Crippen molar-refractivity contribution >= 4 is 38.7 Å². The van der Waals surface area contributed by atoms with E-state index in [9.17, 15) is 17.8 Å². The van der Waals surface area contributed by atoms with E-state index in [4.69, 9.17) is 21.4 Å². The summed E-state index contributed by atoms with van der Waals surface area (Å²) in [5.41, 5.74) is 1.90. The first kappa shape index (κ1) is 26.0. The number of alkyl halides is 2. The fourth-order valence-corrected chi connectivity index (χ4v) is 4.93. The summed E-state index contributed by atoms with van der Waals surface area (Å²) in [5.74, 6) is -3.10. The number of halogens is 3. The molecular weight excluding hydrogens is 512 g/mol. The van der Waals surface area contributed by atoms with Crippen molar-refractivity contribution in [1.29, 1.82) is 4.78 Å². The van der Waals surface area contributed by atoms with Crippen LogP contribution in [-0.2, 0) is 16.8 Å². The van der Waals surface area contributed by atoms with Crippen LogP contribution in [-0.4, -0.2) is 55.1 Å². The summed E-state index contributed by atoms with van der Waals surface area (Å²) in [5, 5.41) is 7.17. The molecule has 1 amide bonds. The minimum absolute atomic E-state index is 0.0178. The van der Waals surface area contributed by atoms with Crippen molar-refractivity contribution in [1.82, 2.24) is 19.7 Å². The summed E-state index contributed by atoms with van der Waals surface area (Å²) in [6, 6.07) is 2.88. The van der Waals surface area contributed by atoms with Crippen LogP contribution in [0.3, 0.4) is 0 Å². The Balaban J connectivity index is 1.81. The van der Waals surface area contributed by atoms with Gasteiger partial charge in [-0.05, 0) is 31.0 Å². The van der Waals surface area contributed by atoms with E-state index in [0.717, 1.165) is 0 Å². The highest BCUT2D eigenvalue weighted by molar-refractivity contribution is 7.91. The van der Waals surface area contributed by atoms with Crippen molar-refractivity contribution in [3.63, 3.8) is 0 Å². The molecule has 1 aliphatic rings. The lowest BCUT2D eigenvalue weighted by atomic mass is 10.0. The number of carbonyl (C=O) groups excluding carboxylic acids is 1. The van der Waals surface area contributed by atoms with Crippen molar-refractivity contribution < 1.29 is 17.8 Å². The number of amides is 1. The zero-order valence-electron chi connectivity index (χ0n) is 20.0. The molecule has 9 nitrogen and oxygen atoms in total. The minimum Gasteiger partial charge on any atom is -0.356 e. The largest absolute Gasteiger partial charge is 0.356 e. The molecular formula is C23H26ClF2N7O2S. The Bertz CT molecular complexity index is 1430. The lowest BCUT2D eigenvalue weighted by molar-refractivity contribution is -0.0102. The number of hydrogen-bond acceptors (Lipinski definition) is 7. The van der Waals surface area contributed by atoms with Gasteiger partial charge in [0.2, 0.25) is 5.92 Å². The maximum atomic E-state index is 14.1. The SMILES string of the molecule is Cc1c(Cl)c(-c2cnn(C)c2)nc(N2CCCC(F)(F)CC2)c1C(=O)Nc1ccnc([S@](C)(=N)=O)c1. The van der Waals surface area contributed by atoms with E-state index in [1.54, 1.807) is 35.9 Å². The summed E-state index contributed by atoms with van der Waals surface area (Å²) in [7, 11) is -1.35. The Kier molecular flexibility index (Phi) is 7.02. The molecule has 2 N–H and O–H groups in total. The molecule has 0 aromatic carbocycles. The van der Waals surface area contributed by atoms with Gasteiger partial charge in [-0.1, -0.05) is 11.6 Å². The van der Waals surface area contributed by atoms with Crippen molar-refractivity contribution in [2.45, 2.75) is 37.1 Å². The van der Waals surface area contributed by atoms with Gasteiger partial charge in [-0.2, -0.15) is 5.10 Å². The fraction of sp³-hybridized carbons (Fsp3) is 0.391. The Hall–Kier alpha value is -3.12. The predicted octanol–water partition coefficient (Wildman–Crippen LogP) is 4.75. The van der Waals surface area contributed by atoms with E-state index in [1.807, 2.05) is 0 Å². The third kappa shape index (κ3) is 5.49. The van der Waals surface area contributed by atoms with E-state index in [0.29, 0.717) is 23.4 Å². The van der Waals surface area contributed by atoms with E-state index in [-0.39, 0.29) is 52.9 Å². The maximum Gasteiger partial charge on any atom is 0.259 e. The van der Waals surface area contributed by atoms with Crippen LogP contribution in [0.2, 0.25) is 5.02 Å². The second-order valence-electron chi connectivity index (χ2n) is 8.88. The molecule has 0 radical (unpaired) electrons.